The fourth-order valence-electron chi connectivity index (χ4n) is 1.93. The van der Waals surface area contributed by atoms with Crippen LogP contribution in [0.3, 0.4) is 0 Å². The van der Waals surface area contributed by atoms with Crippen LogP contribution in [0.1, 0.15) is 22.9 Å². The summed E-state index contributed by atoms with van der Waals surface area (Å²) in [6, 6.07) is 9.37. The molecule has 1 aromatic carbocycles. The molecule has 2 aromatic rings. The van der Waals surface area contributed by atoms with Crippen LogP contribution in [0.15, 0.2) is 36.5 Å². The van der Waals surface area contributed by atoms with Gasteiger partial charge < -0.3 is 0 Å². The van der Waals surface area contributed by atoms with Crippen LogP contribution in [0.25, 0.3) is 0 Å². The monoisotopic (exact) mass is 295 g/mol. The third kappa shape index (κ3) is 3.45. The van der Waals surface area contributed by atoms with Gasteiger partial charge in [0.1, 0.15) is 0 Å². The maximum Gasteiger partial charge on any atom is 0.0775 e. The van der Waals surface area contributed by atoms with Crippen LogP contribution < -0.4 is 11.3 Å². The molecule has 0 amide bonds. The first-order valence-electron chi connectivity index (χ1n) is 5.93. The SMILES string of the molecule is Cc1ccc(CC(NN)c2ncccc2Cl)c(Cl)c1. The maximum absolute atomic E-state index is 6.24. The average Bonchev–Trinajstić information content (AvgIpc) is 2.39. The second-order valence-corrected chi connectivity index (χ2v) is 5.20. The number of nitrogens with one attached hydrogen (secondary N) is 1. The molecule has 0 saturated heterocycles. The Hall–Kier alpha value is -1.13. The maximum atomic E-state index is 6.24. The van der Waals surface area contributed by atoms with Gasteiger partial charge in [0.25, 0.3) is 0 Å². The number of halogens is 2. The first-order chi connectivity index (χ1) is 9.11. The number of nitrogens with zero attached hydrogens (tertiary/aromatic N) is 1. The summed E-state index contributed by atoms with van der Waals surface area (Å²) in [5.74, 6) is 5.61. The molecule has 0 aliphatic rings. The quantitative estimate of drug-likeness (QED) is 0.671. The number of hydrogen-bond acceptors (Lipinski definition) is 3. The van der Waals surface area contributed by atoms with Crippen LogP contribution in [0.4, 0.5) is 0 Å². The van der Waals surface area contributed by atoms with Gasteiger partial charge in [-0.3, -0.25) is 16.3 Å². The molecule has 1 heterocycles. The molecule has 5 heteroatoms. The lowest BCUT2D eigenvalue weighted by Gasteiger charge is -2.17. The van der Waals surface area contributed by atoms with E-state index >= 15 is 0 Å². The lowest BCUT2D eigenvalue weighted by atomic mass is 10.0. The predicted octanol–water partition coefficient (Wildman–Crippen LogP) is 3.44. The van der Waals surface area contributed by atoms with Crippen molar-refractivity contribution in [1.29, 1.82) is 0 Å². The number of aromatic nitrogens is 1. The highest BCUT2D eigenvalue weighted by Gasteiger charge is 2.16. The second-order valence-electron chi connectivity index (χ2n) is 4.39. The van der Waals surface area contributed by atoms with Crippen LogP contribution in [0.2, 0.25) is 10.0 Å². The zero-order valence-electron chi connectivity index (χ0n) is 10.5. The first-order valence-corrected chi connectivity index (χ1v) is 6.69. The first kappa shape index (κ1) is 14.3. The Labute approximate surface area is 122 Å². The minimum absolute atomic E-state index is 0.172. The van der Waals surface area contributed by atoms with Gasteiger partial charge in [-0.25, -0.2) is 0 Å². The van der Waals surface area contributed by atoms with Crippen molar-refractivity contribution in [1.82, 2.24) is 10.4 Å². The summed E-state index contributed by atoms with van der Waals surface area (Å²) in [6.45, 7) is 2.00. The predicted molar refractivity (Wildman–Crippen MR) is 79.2 cm³/mol. The van der Waals surface area contributed by atoms with E-state index in [2.05, 4.69) is 10.4 Å². The summed E-state index contributed by atoms with van der Waals surface area (Å²) in [4.78, 5) is 4.28. The highest BCUT2D eigenvalue weighted by Crippen LogP contribution is 2.26. The van der Waals surface area contributed by atoms with Crippen LogP contribution in [0, 0.1) is 6.92 Å². The van der Waals surface area contributed by atoms with Crippen molar-refractivity contribution in [3.05, 3.63) is 63.4 Å². The number of hydrogen-bond donors (Lipinski definition) is 2. The van der Waals surface area contributed by atoms with Crippen molar-refractivity contribution in [2.75, 3.05) is 0 Å². The Kier molecular flexibility index (Phi) is 4.77. The van der Waals surface area contributed by atoms with Gasteiger partial charge in [-0.05, 0) is 42.7 Å². The lowest BCUT2D eigenvalue weighted by molar-refractivity contribution is 0.538. The van der Waals surface area contributed by atoms with Crippen molar-refractivity contribution in [3.63, 3.8) is 0 Å². The van der Waals surface area contributed by atoms with Crippen molar-refractivity contribution in [2.45, 2.75) is 19.4 Å². The van der Waals surface area contributed by atoms with Gasteiger partial charge in [-0.15, -0.1) is 0 Å². The third-order valence-corrected chi connectivity index (χ3v) is 3.62. The molecule has 0 saturated carbocycles. The zero-order valence-corrected chi connectivity index (χ0v) is 12.0. The Morgan fingerprint density at radius 1 is 1.26 bits per heavy atom. The van der Waals surface area contributed by atoms with Crippen LogP contribution >= 0.6 is 23.2 Å². The summed E-state index contributed by atoms with van der Waals surface area (Å²) in [6.07, 6.45) is 2.33. The van der Waals surface area contributed by atoms with Crippen LogP contribution in [-0.2, 0) is 6.42 Å². The van der Waals surface area contributed by atoms with E-state index in [0.717, 1.165) is 21.8 Å². The molecule has 0 fully saturated rings. The van der Waals surface area contributed by atoms with Gasteiger partial charge in [-0.1, -0.05) is 35.3 Å². The standard InChI is InChI=1S/C14H15Cl2N3/c1-9-4-5-10(12(16)7-9)8-13(19-17)14-11(15)3-2-6-18-14/h2-7,13,19H,8,17H2,1H3. The van der Waals surface area contributed by atoms with E-state index in [1.54, 1.807) is 18.3 Å². The molecular formula is C14H15Cl2N3. The number of hydrazine groups is 1. The molecule has 0 aliphatic carbocycles. The Morgan fingerprint density at radius 2 is 2.05 bits per heavy atom. The molecule has 19 heavy (non-hydrogen) atoms. The van der Waals surface area contributed by atoms with Crippen molar-refractivity contribution in [3.8, 4) is 0 Å². The molecule has 1 aromatic heterocycles. The lowest BCUT2D eigenvalue weighted by Crippen LogP contribution is -2.30. The largest absolute Gasteiger partial charge is 0.271 e. The molecule has 0 bridgehead atoms. The van der Waals surface area contributed by atoms with Gasteiger partial charge in [0.15, 0.2) is 0 Å². The van der Waals surface area contributed by atoms with Gasteiger partial charge in [-0.2, -0.15) is 0 Å². The molecule has 1 unspecified atom stereocenters. The van der Waals surface area contributed by atoms with Crippen LogP contribution in [-0.4, -0.2) is 4.98 Å². The molecule has 1 atom stereocenters. The minimum atomic E-state index is -0.172. The Morgan fingerprint density at radius 3 is 2.68 bits per heavy atom. The van der Waals surface area contributed by atoms with Crippen molar-refractivity contribution in [2.24, 2.45) is 5.84 Å². The van der Waals surface area contributed by atoms with E-state index in [4.69, 9.17) is 29.0 Å². The highest BCUT2D eigenvalue weighted by molar-refractivity contribution is 6.31. The molecular weight excluding hydrogens is 281 g/mol. The number of pyridine rings is 1. The molecule has 3 N–H and O–H groups in total. The molecule has 0 aliphatic heterocycles. The summed E-state index contributed by atoms with van der Waals surface area (Å²) < 4.78 is 0. The average molecular weight is 296 g/mol. The minimum Gasteiger partial charge on any atom is -0.271 e. The van der Waals surface area contributed by atoms with E-state index in [0.29, 0.717) is 11.4 Å². The number of rotatable bonds is 4. The molecule has 2 rings (SSSR count). The summed E-state index contributed by atoms with van der Waals surface area (Å²) in [7, 11) is 0. The molecule has 0 radical (unpaired) electrons. The van der Waals surface area contributed by atoms with Crippen LogP contribution in [0.5, 0.6) is 0 Å². The second kappa shape index (κ2) is 6.35. The fraction of sp³-hybridized carbons (Fsp3) is 0.214. The number of nitrogens with two attached hydrogens (primary N) is 1. The third-order valence-electron chi connectivity index (χ3n) is 2.95. The summed E-state index contributed by atoms with van der Waals surface area (Å²) in [5, 5.41) is 1.32. The normalized spacial score (nSPS) is 12.4. The summed E-state index contributed by atoms with van der Waals surface area (Å²) in [5.41, 5.74) is 5.61. The van der Waals surface area contributed by atoms with Gasteiger partial charge in [0, 0.05) is 11.2 Å². The van der Waals surface area contributed by atoms with Gasteiger partial charge in [0.05, 0.1) is 16.8 Å². The smallest absolute Gasteiger partial charge is 0.0775 e. The molecule has 0 spiro atoms. The molecule has 100 valence electrons. The fourth-order valence-corrected chi connectivity index (χ4v) is 2.49. The van der Waals surface area contributed by atoms with Gasteiger partial charge in [0.2, 0.25) is 0 Å². The number of benzene rings is 1. The van der Waals surface area contributed by atoms with Gasteiger partial charge >= 0.3 is 0 Å². The highest BCUT2D eigenvalue weighted by atomic mass is 35.5. The molecule has 3 nitrogen and oxygen atoms in total. The summed E-state index contributed by atoms with van der Waals surface area (Å²) >= 11 is 12.4. The Balaban J connectivity index is 2.27. The number of aryl methyl sites for hydroxylation is 1. The van der Waals surface area contributed by atoms with Crippen molar-refractivity contribution >= 4 is 23.2 Å². The van der Waals surface area contributed by atoms with E-state index in [1.165, 1.54) is 0 Å². The van der Waals surface area contributed by atoms with E-state index in [9.17, 15) is 0 Å². The van der Waals surface area contributed by atoms with Crippen molar-refractivity contribution < 1.29 is 0 Å². The van der Waals surface area contributed by atoms with E-state index < -0.39 is 0 Å². The van der Waals surface area contributed by atoms with E-state index in [1.807, 2.05) is 25.1 Å². The topological polar surface area (TPSA) is 50.9 Å². The van der Waals surface area contributed by atoms with E-state index in [-0.39, 0.29) is 6.04 Å². The Bertz CT molecular complexity index is 572. The zero-order chi connectivity index (χ0) is 13.8.